The van der Waals surface area contributed by atoms with Crippen LogP contribution in [0.2, 0.25) is 0 Å². The molecule has 1 aliphatic rings. The minimum absolute atomic E-state index is 0.00576. The molecule has 2 heterocycles. The van der Waals surface area contributed by atoms with Crippen molar-refractivity contribution in [1.29, 1.82) is 0 Å². The van der Waals surface area contributed by atoms with E-state index in [4.69, 9.17) is 14.0 Å². The van der Waals surface area contributed by atoms with Crippen LogP contribution >= 0.6 is 0 Å². The summed E-state index contributed by atoms with van der Waals surface area (Å²) in [7, 11) is 1.17. The van der Waals surface area contributed by atoms with E-state index >= 15 is 0 Å². The Hall–Kier alpha value is -2.18. The molecule has 0 N–H and O–H groups in total. The third-order valence-corrected chi connectivity index (χ3v) is 5.12. The summed E-state index contributed by atoms with van der Waals surface area (Å²) in [5.74, 6) is 0.699. The first-order valence-electron chi connectivity index (χ1n) is 8.69. The van der Waals surface area contributed by atoms with Crippen molar-refractivity contribution in [1.82, 2.24) is 4.98 Å². The highest BCUT2D eigenvalue weighted by Crippen LogP contribution is 2.36. The zero-order valence-corrected chi connectivity index (χ0v) is 15.9. The molecule has 1 fully saturated rings. The maximum Gasteiger partial charge on any atom is 0.494 e. The van der Waals surface area contributed by atoms with Crippen LogP contribution in [0.4, 0.5) is 0 Å². The average Bonchev–Trinajstić information content (AvgIpc) is 2.83. The van der Waals surface area contributed by atoms with E-state index in [1.165, 1.54) is 0 Å². The van der Waals surface area contributed by atoms with E-state index in [1.807, 2.05) is 52.0 Å². The Bertz CT molecular complexity index is 786. The number of methoxy groups -OCH3 is 1. The van der Waals surface area contributed by atoms with Gasteiger partial charge in [-0.2, -0.15) is 0 Å². The fourth-order valence-corrected chi connectivity index (χ4v) is 2.75. The molecule has 0 radical (unpaired) electrons. The van der Waals surface area contributed by atoms with Crippen LogP contribution < -0.4 is 10.2 Å². The lowest BCUT2D eigenvalue weighted by atomic mass is 9.78. The lowest BCUT2D eigenvalue weighted by molar-refractivity contribution is 0.00578. The summed E-state index contributed by atoms with van der Waals surface area (Å²) < 4.78 is 17.3. The second kappa shape index (κ2) is 6.85. The predicted octanol–water partition coefficient (Wildman–Crippen LogP) is 2.81. The van der Waals surface area contributed by atoms with Crippen LogP contribution in [0.5, 0.6) is 5.75 Å². The quantitative estimate of drug-likeness (QED) is 0.611. The second-order valence-corrected chi connectivity index (χ2v) is 7.50. The molecule has 26 heavy (non-hydrogen) atoms. The molecule has 5 nitrogen and oxygen atoms in total. The monoisotopic (exact) mass is 353 g/mol. The maximum atomic E-state index is 12.5. The van der Waals surface area contributed by atoms with Gasteiger partial charge >= 0.3 is 7.12 Å². The second-order valence-electron chi connectivity index (χ2n) is 7.50. The molecule has 0 amide bonds. The van der Waals surface area contributed by atoms with Crippen molar-refractivity contribution in [3.63, 3.8) is 0 Å². The molecule has 1 aromatic carbocycles. The number of ketones is 1. The number of ether oxygens (including phenoxy) is 1. The Balaban J connectivity index is 1.70. The summed E-state index contributed by atoms with van der Waals surface area (Å²) in [6.07, 6.45) is 1.87. The molecule has 0 aliphatic carbocycles. The normalized spacial score (nSPS) is 18.0. The van der Waals surface area contributed by atoms with Gasteiger partial charge in [-0.15, -0.1) is 0 Å². The van der Waals surface area contributed by atoms with Crippen molar-refractivity contribution in [2.75, 3.05) is 7.11 Å². The van der Waals surface area contributed by atoms with Gasteiger partial charge in [0.1, 0.15) is 5.75 Å². The third kappa shape index (κ3) is 3.66. The van der Waals surface area contributed by atoms with Gasteiger partial charge in [0.05, 0.1) is 30.4 Å². The summed E-state index contributed by atoms with van der Waals surface area (Å²) in [4.78, 5) is 16.7. The fourth-order valence-electron chi connectivity index (χ4n) is 2.75. The summed E-state index contributed by atoms with van der Waals surface area (Å²) in [6.45, 7) is 8.08. The minimum atomic E-state index is -0.427. The van der Waals surface area contributed by atoms with E-state index in [2.05, 4.69) is 4.98 Å². The van der Waals surface area contributed by atoms with E-state index in [1.54, 1.807) is 25.4 Å². The number of nitrogens with zero attached hydrogens (tertiary/aromatic N) is 1. The smallest absolute Gasteiger partial charge is 0.494 e. The van der Waals surface area contributed by atoms with Crippen LogP contribution in [-0.2, 0) is 15.7 Å². The van der Waals surface area contributed by atoms with E-state index in [0.29, 0.717) is 17.0 Å². The molecule has 0 unspecified atom stereocenters. The Kier molecular flexibility index (Phi) is 4.91. The summed E-state index contributed by atoms with van der Waals surface area (Å²) in [5.41, 5.74) is 1.45. The molecule has 3 rings (SSSR count). The topological polar surface area (TPSA) is 57.7 Å². The highest BCUT2D eigenvalue weighted by atomic mass is 16.7. The van der Waals surface area contributed by atoms with Gasteiger partial charge in [0.25, 0.3) is 0 Å². The number of benzene rings is 1. The van der Waals surface area contributed by atoms with Gasteiger partial charge in [-0.1, -0.05) is 24.3 Å². The van der Waals surface area contributed by atoms with Crippen molar-refractivity contribution in [2.45, 2.75) is 45.3 Å². The molecular weight excluding hydrogens is 329 g/mol. The standard InChI is InChI=1S/C20H24BNO4/c1-19(2)20(3,4)26-21(25-19)15-8-6-14(7-9-15)18(23)13-16-12-17(24-5)10-11-22-16/h6-12H,13H2,1-5H3. The Morgan fingerprint density at radius 1 is 1.08 bits per heavy atom. The largest absolute Gasteiger partial charge is 0.497 e. The number of rotatable bonds is 5. The summed E-state index contributed by atoms with van der Waals surface area (Å²) >= 11 is 0. The number of hydrogen-bond acceptors (Lipinski definition) is 5. The van der Waals surface area contributed by atoms with Crippen LogP contribution in [0, 0.1) is 0 Å². The van der Waals surface area contributed by atoms with Crippen molar-refractivity contribution >= 4 is 18.4 Å². The maximum absolute atomic E-state index is 12.5. The van der Waals surface area contributed by atoms with Gasteiger partial charge in [0.15, 0.2) is 5.78 Å². The zero-order chi connectivity index (χ0) is 18.9. The first-order valence-corrected chi connectivity index (χ1v) is 8.69. The van der Waals surface area contributed by atoms with Gasteiger partial charge in [-0.25, -0.2) is 0 Å². The van der Waals surface area contributed by atoms with Gasteiger partial charge < -0.3 is 14.0 Å². The molecule has 0 saturated carbocycles. The van der Waals surface area contributed by atoms with Crippen LogP contribution in [-0.4, -0.2) is 36.2 Å². The van der Waals surface area contributed by atoms with Gasteiger partial charge in [0, 0.05) is 17.8 Å². The predicted molar refractivity (Wildman–Crippen MR) is 101 cm³/mol. The number of carbonyl (C=O) groups is 1. The molecule has 0 bridgehead atoms. The Labute approximate surface area is 154 Å². The lowest BCUT2D eigenvalue weighted by Crippen LogP contribution is -2.41. The fraction of sp³-hybridized carbons (Fsp3) is 0.400. The molecule has 0 atom stereocenters. The lowest BCUT2D eigenvalue weighted by Gasteiger charge is -2.32. The third-order valence-electron chi connectivity index (χ3n) is 5.12. The number of hydrogen-bond donors (Lipinski definition) is 0. The summed E-state index contributed by atoms with van der Waals surface area (Å²) in [5, 5.41) is 0. The Morgan fingerprint density at radius 3 is 2.27 bits per heavy atom. The minimum Gasteiger partial charge on any atom is -0.497 e. The van der Waals surface area contributed by atoms with E-state index < -0.39 is 7.12 Å². The van der Waals surface area contributed by atoms with Crippen LogP contribution in [0.3, 0.4) is 0 Å². The number of aromatic nitrogens is 1. The van der Waals surface area contributed by atoms with E-state index in [9.17, 15) is 4.79 Å². The molecule has 2 aromatic rings. The van der Waals surface area contributed by atoms with Crippen LogP contribution in [0.25, 0.3) is 0 Å². The van der Waals surface area contributed by atoms with Crippen molar-refractivity contribution < 1.29 is 18.8 Å². The number of pyridine rings is 1. The first-order chi connectivity index (χ1) is 12.2. The number of carbonyl (C=O) groups excluding carboxylic acids is 1. The molecule has 1 aliphatic heterocycles. The van der Waals surface area contributed by atoms with Crippen molar-refractivity contribution in [2.24, 2.45) is 0 Å². The average molecular weight is 353 g/mol. The molecule has 1 saturated heterocycles. The number of Topliss-reactive ketones (excluding diaryl/α,β-unsaturated/α-hetero) is 1. The summed E-state index contributed by atoms with van der Waals surface area (Å²) in [6, 6.07) is 10.9. The highest BCUT2D eigenvalue weighted by Gasteiger charge is 2.51. The van der Waals surface area contributed by atoms with Crippen LogP contribution in [0.1, 0.15) is 43.7 Å². The molecule has 136 valence electrons. The molecule has 0 spiro atoms. The van der Waals surface area contributed by atoms with Crippen LogP contribution in [0.15, 0.2) is 42.6 Å². The molecule has 6 heteroatoms. The Morgan fingerprint density at radius 2 is 1.69 bits per heavy atom. The first kappa shape index (κ1) is 18.6. The van der Waals surface area contributed by atoms with Crippen molar-refractivity contribution in [3.8, 4) is 5.75 Å². The van der Waals surface area contributed by atoms with Gasteiger partial charge in [0.2, 0.25) is 0 Å². The zero-order valence-electron chi connectivity index (χ0n) is 15.9. The molecular formula is C20H24BNO4. The van der Waals surface area contributed by atoms with Gasteiger partial charge in [-0.05, 0) is 39.2 Å². The van der Waals surface area contributed by atoms with Gasteiger partial charge in [-0.3, -0.25) is 9.78 Å². The SMILES string of the molecule is COc1ccnc(CC(=O)c2ccc(B3OC(C)(C)C(C)(C)O3)cc2)c1. The van der Waals surface area contributed by atoms with E-state index in [-0.39, 0.29) is 23.4 Å². The highest BCUT2D eigenvalue weighted by molar-refractivity contribution is 6.62. The molecule has 1 aromatic heterocycles. The van der Waals surface area contributed by atoms with Crippen molar-refractivity contribution in [3.05, 3.63) is 53.9 Å². The van der Waals surface area contributed by atoms with E-state index in [0.717, 1.165) is 5.46 Å².